The van der Waals surface area contributed by atoms with Crippen LogP contribution in [0.15, 0.2) is 51.9 Å². The van der Waals surface area contributed by atoms with E-state index in [0.717, 1.165) is 0 Å². The summed E-state index contributed by atoms with van der Waals surface area (Å²) >= 11 is 0. The fourth-order valence-corrected chi connectivity index (χ4v) is 2.88. The number of ether oxygens (including phenoxy) is 3. The first-order chi connectivity index (χ1) is 16.1. The molecule has 2 atom stereocenters. The minimum atomic E-state index is -1.31. The molecule has 0 amide bonds. The van der Waals surface area contributed by atoms with E-state index in [0.29, 0.717) is 11.3 Å². The van der Waals surface area contributed by atoms with Crippen molar-refractivity contribution in [3.63, 3.8) is 0 Å². The lowest BCUT2D eigenvalue weighted by molar-refractivity contribution is -0.145. The van der Waals surface area contributed by atoms with Crippen molar-refractivity contribution in [3.05, 3.63) is 52.9 Å². The number of rotatable bonds is 10. The molecule has 3 rings (SSSR count). The third-order valence-corrected chi connectivity index (χ3v) is 4.67. The van der Waals surface area contributed by atoms with Crippen LogP contribution < -0.4 is 19.6 Å². The maximum atomic E-state index is 13.2. The summed E-state index contributed by atoms with van der Waals surface area (Å²) in [5, 5.41) is 27.0. The summed E-state index contributed by atoms with van der Waals surface area (Å²) in [7, 11) is 0. The Bertz CT molecular complexity index is 1290. The lowest BCUT2D eigenvalue weighted by Crippen LogP contribution is -2.25. The molecule has 3 aromatic rings. The molecule has 0 aliphatic carbocycles. The van der Waals surface area contributed by atoms with Gasteiger partial charge in [-0.25, -0.2) is 14.4 Å². The van der Waals surface area contributed by atoms with Crippen LogP contribution in [0.25, 0.3) is 22.1 Å². The van der Waals surface area contributed by atoms with Crippen LogP contribution in [0, 0.1) is 0 Å². The van der Waals surface area contributed by atoms with Gasteiger partial charge in [-0.15, -0.1) is 0 Å². The van der Waals surface area contributed by atoms with Crippen LogP contribution in [0.1, 0.15) is 13.8 Å². The molecule has 0 aliphatic rings. The Labute approximate surface area is 191 Å². The van der Waals surface area contributed by atoms with Gasteiger partial charge in [-0.05, 0) is 37.6 Å². The van der Waals surface area contributed by atoms with E-state index in [-0.39, 0.29) is 28.0 Å². The van der Waals surface area contributed by atoms with Crippen molar-refractivity contribution >= 4 is 28.9 Å². The van der Waals surface area contributed by atoms with Gasteiger partial charge in [-0.3, -0.25) is 4.79 Å². The third kappa shape index (κ3) is 5.44. The van der Waals surface area contributed by atoms with Gasteiger partial charge in [-0.2, -0.15) is 0 Å². The van der Waals surface area contributed by atoms with Gasteiger partial charge in [-0.1, -0.05) is 12.1 Å². The molecule has 1 heterocycles. The van der Waals surface area contributed by atoms with Gasteiger partial charge in [0.1, 0.15) is 17.6 Å². The Kier molecular flexibility index (Phi) is 7.05. The summed E-state index contributed by atoms with van der Waals surface area (Å²) in [5.41, 5.74) is 0.228. The van der Waals surface area contributed by atoms with E-state index in [4.69, 9.17) is 28.8 Å². The molecule has 0 saturated carbocycles. The summed E-state index contributed by atoms with van der Waals surface area (Å²) < 4.78 is 21.4. The number of carboxylic acid groups (broad SMARTS) is 3. The number of hydrogen-bond acceptors (Lipinski definition) is 8. The van der Waals surface area contributed by atoms with Crippen molar-refractivity contribution < 1.29 is 48.3 Å². The number of aliphatic carboxylic acids is 3. The monoisotopic (exact) mass is 472 g/mol. The van der Waals surface area contributed by atoms with E-state index in [1.165, 1.54) is 44.4 Å². The lowest BCUT2D eigenvalue weighted by Gasteiger charge is -2.17. The van der Waals surface area contributed by atoms with Crippen LogP contribution in [0.5, 0.6) is 17.2 Å². The molecule has 2 unspecified atom stereocenters. The molecule has 11 nitrogen and oxygen atoms in total. The molecule has 11 heteroatoms. The molecular weight excluding hydrogens is 452 g/mol. The fraction of sp³-hybridized carbons (Fsp3) is 0.217. The van der Waals surface area contributed by atoms with Crippen LogP contribution in [0.4, 0.5) is 0 Å². The molecule has 2 aromatic carbocycles. The van der Waals surface area contributed by atoms with E-state index >= 15 is 0 Å². The highest BCUT2D eigenvalue weighted by Gasteiger charge is 2.22. The molecule has 0 saturated heterocycles. The standard InChI is InChI=1S/C23H20O11/c1-11(22(27)28)33-18-7-15-17(8-19(18)34-12(2)23(29)30)32-9-16(21(15)26)13-3-5-14(6-4-13)31-10-20(24)25/h3-9,11-12H,10H2,1-2H3,(H,24,25)(H,27,28)(H,29,30). The van der Waals surface area contributed by atoms with Gasteiger partial charge in [0, 0.05) is 6.07 Å². The fourth-order valence-electron chi connectivity index (χ4n) is 2.88. The molecule has 0 spiro atoms. The smallest absolute Gasteiger partial charge is 0.344 e. The van der Waals surface area contributed by atoms with Gasteiger partial charge in [0.15, 0.2) is 30.3 Å². The Morgan fingerprint density at radius 1 is 0.912 bits per heavy atom. The number of hydrogen-bond donors (Lipinski definition) is 3. The molecule has 0 fully saturated rings. The topological polar surface area (TPSA) is 170 Å². The summed E-state index contributed by atoms with van der Waals surface area (Å²) in [6.07, 6.45) is -1.39. The quantitative estimate of drug-likeness (QED) is 0.396. The second kappa shape index (κ2) is 9.94. The first kappa shape index (κ1) is 24.1. The SMILES string of the molecule is CC(Oc1cc2occ(-c3ccc(OCC(=O)O)cc3)c(=O)c2cc1OC(C)C(=O)O)C(=O)O. The molecule has 0 aliphatic heterocycles. The Balaban J connectivity index is 2.05. The average molecular weight is 472 g/mol. The van der Waals surface area contributed by atoms with Crippen molar-refractivity contribution in [2.24, 2.45) is 0 Å². The molecule has 1 aromatic heterocycles. The zero-order chi connectivity index (χ0) is 25.0. The Morgan fingerprint density at radius 3 is 2.00 bits per heavy atom. The van der Waals surface area contributed by atoms with Gasteiger partial charge >= 0.3 is 17.9 Å². The molecule has 0 bridgehead atoms. The normalized spacial score (nSPS) is 12.5. The van der Waals surface area contributed by atoms with Crippen molar-refractivity contribution in [1.82, 2.24) is 0 Å². The zero-order valence-electron chi connectivity index (χ0n) is 18.0. The van der Waals surface area contributed by atoms with Crippen LogP contribution in [0.3, 0.4) is 0 Å². The minimum Gasteiger partial charge on any atom is -0.482 e. The lowest BCUT2D eigenvalue weighted by atomic mass is 10.1. The van der Waals surface area contributed by atoms with E-state index in [2.05, 4.69) is 0 Å². The van der Waals surface area contributed by atoms with Gasteiger partial charge < -0.3 is 33.9 Å². The van der Waals surface area contributed by atoms with Gasteiger partial charge in [0.25, 0.3) is 0 Å². The second-order valence-corrected chi connectivity index (χ2v) is 7.18. The highest BCUT2D eigenvalue weighted by Crippen LogP contribution is 2.34. The number of carboxylic acids is 3. The molecule has 3 N–H and O–H groups in total. The van der Waals surface area contributed by atoms with Crippen molar-refractivity contribution in [2.75, 3.05) is 6.61 Å². The minimum absolute atomic E-state index is 0.0478. The molecular formula is C23H20O11. The number of fused-ring (bicyclic) bond motifs is 1. The zero-order valence-corrected chi connectivity index (χ0v) is 18.0. The molecule has 0 radical (unpaired) electrons. The summed E-state index contributed by atoms with van der Waals surface area (Å²) in [4.78, 5) is 46.2. The van der Waals surface area contributed by atoms with Crippen molar-refractivity contribution in [2.45, 2.75) is 26.1 Å². The predicted molar refractivity (Wildman–Crippen MR) is 117 cm³/mol. The summed E-state index contributed by atoms with van der Waals surface area (Å²) in [6, 6.07) is 8.58. The van der Waals surface area contributed by atoms with Gasteiger partial charge in [0.2, 0.25) is 5.43 Å². The van der Waals surface area contributed by atoms with E-state index in [1.54, 1.807) is 12.1 Å². The highest BCUT2D eigenvalue weighted by molar-refractivity contribution is 5.85. The van der Waals surface area contributed by atoms with E-state index in [9.17, 15) is 24.3 Å². The van der Waals surface area contributed by atoms with Crippen LogP contribution in [-0.2, 0) is 14.4 Å². The molecule has 178 valence electrons. The van der Waals surface area contributed by atoms with Crippen LogP contribution in [-0.4, -0.2) is 52.0 Å². The largest absolute Gasteiger partial charge is 0.482 e. The second-order valence-electron chi connectivity index (χ2n) is 7.18. The van der Waals surface area contributed by atoms with Crippen molar-refractivity contribution in [1.29, 1.82) is 0 Å². The maximum Gasteiger partial charge on any atom is 0.344 e. The molecule has 34 heavy (non-hydrogen) atoms. The first-order valence-corrected chi connectivity index (χ1v) is 9.90. The summed E-state index contributed by atoms with van der Waals surface area (Å²) in [5.74, 6) is -3.61. The predicted octanol–water partition coefficient (Wildman–Crippen LogP) is 2.63. The van der Waals surface area contributed by atoms with Gasteiger partial charge in [0.05, 0.1) is 10.9 Å². The average Bonchev–Trinajstić information content (AvgIpc) is 2.79. The summed E-state index contributed by atoms with van der Waals surface area (Å²) in [6.45, 7) is 2.03. The Morgan fingerprint density at radius 2 is 1.47 bits per heavy atom. The third-order valence-electron chi connectivity index (χ3n) is 4.67. The first-order valence-electron chi connectivity index (χ1n) is 9.90. The highest BCUT2D eigenvalue weighted by atomic mass is 16.6. The van der Waals surface area contributed by atoms with Crippen molar-refractivity contribution in [3.8, 4) is 28.4 Å². The number of benzene rings is 2. The van der Waals surface area contributed by atoms with Crippen LogP contribution in [0.2, 0.25) is 0 Å². The Hall–Kier alpha value is -4.54. The van der Waals surface area contributed by atoms with E-state index < -0.39 is 42.2 Å². The maximum absolute atomic E-state index is 13.2. The van der Waals surface area contributed by atoms with E-state index in [1.807, 2.05) is 0 Å². The number of carbonyl (C=O) groups is 3. The van der Waals surface area contributed by atoms with Crippen LogP contribution >= 0.6 is 0 Å².